The predicted octanol–water partition coefficient (Wildman–Crippen LogP) is 4.95. The number of benzene rings is 2. The summed E-state index contributed by atoms with van der Waals surface area (Å²) in [5, 5.41) is 0.217. The topological polar surface area (TPSA) is 76.3 Å². The van der Waals surface area contributed by atoms with Crippen molar-refractivity contribution in [3.63, 3.8) is 0 Å². The Kier molecular flexibility index (Phi) is 6.13. The van der Waals surface area contributed by atoms with Gasteiger partial charge in [-0.25, -0.2) is 9.37 Å². The lowest BCUT2D eigenvalue weighted by Crippen LogP contribution is -2.64. The molecule has 1 aromatic heterocycles. The number of halogens is 2. The number of aromatic nitrogens is 1. The molecule has 0 spiro atoms. The first-order valence-electron chi connectivity index (χ1n) is 9.66. The second kappa shape index (κ2) is 8.47. The average molecular weight is 440 g/mol. The van der Waals surface area contributed by atoms with Crippen molar-refractivity contribution in [3.05, 3.63) is 95.0 Å². The Labute approximate surface area is 185 Å². The molecule has 0 bridgehead atoms. The third-order valence-electron chi connectivity index (χ3n) is 5.23. The van der Waals surface area contributed by atoms with E-state index >= 15 is 4.39 Å². The molecule has 0 aliphatic heterocycles. The fourth-order valence-electron chi connectivity index (χ4n) is 3.90. The Balaban J connectivity index is 2.41. The Bertz CT molecular complexity index is 1100. The number of carbonyl (C=O) groups is 2. The van der Waals surface area contributed by atoms with Crippen molar-refractivity contribution in [1.29, 1.82) is 0 Å². The first-order chi connectivity index (χ1) is 14.6. The van der Waals surface area contributed by atoms with Gasteiger partial charge in [0.25, 0.3) is 5.91 Å². The molecule has 2 amide bonds. The van der Waals surface area contributed by atoms with Gasteiger partial charge in [-0.2, -0.15) is 0 Å². The quantitative estimate of drug-likeness (QED) is 0.571. The molecule has 0 radical (unpaired) electrons. The van der Waals surface area contributed by atoms with Gasteiger partial charge >= 0.3 is 0 Å². The molecule has 160 valence electrons. The fraction of sp³-hybridized carbons (Fsp3) is 0.208. The van der Waals surface area contributed by atoms with Crippen molar-refractivity contribution in [3.8, 4) is 0 Å². The lowest BCUT2D eigenvalue weighted by molar-refractivity contribution is -0.127. The highest BCUT2D eigenvalue weighted by Crippen LogP contribution is 2.48. The largest absolute Gasteiger partial charge is 0.367 e. The third-order valence-corrected chi connectivity index (χ3v) is 5.46. The summed E-state index contributed by atoms with van der Waals surface area (Å²) >= 11 is 5.88. The number of rotatable bonds is 5. The first-order valence-corrected chi connectivity index (χ1v) is 10.0. The van der Waals surface area contributed by atoms with E-state index < -0.39 is 28.6 Å². The van der Waals surface area contributed by atoms with Crippen molar-refractivity contribution in [2.75, 3.05) is 4.90 Å². The van der Waals surface area contributed by atoms with Gasteiger partial charge < -0.3 is 5.73 Å². The van der Waals surface area contributed by atoms with Gasteiger partial charge in [-0.3, -0.25) is 14.5 Å². The van der Waals surface area contributed by atoms with Crippen LogP contribution in [0.15, 0.2) is 72.9 Å². The van der Waals surface area contributed by atoms with Crippen LogP contribution in [0.5, 0.6) is 0 Å². The van der Waals surface area contributed by atoms with E-state index in [0.717, 1.165) is 0 Å². The van der Waals surface area contributed by atoms with Crippen LogP contribution in [0.3, 0.4) is 0 Å². The highest BCUT2D eigenvalue weighted by molar-refractivity contribution is 6.29. The Hall–Kier alpha value is -3.25. The molecule has 3 aromatic rings. The van der Waals surface area contributed by atoms with Gasteiger partial charge in [-0.1, -0.05) is 68.8 Å². The van der Waals surface area contributed by atoms with Crippen LogP contribution in [0.2, 0.25) is 5.15 Å². The molecule has 0 aliphatic rings. The molecule has 0 saturated heterocycles. The molecule has 0 aliphatic carbocycles. The van der Waals surface area contributed by atoms with Gasteiger partial charge in [-0.05, 0) is 35.7 Å². The summed E-state index contributed by atoms with van der Waals surface area (Å²) in [4.78, 5) is 32.3. The second-order valence-electron chi connectivity index (χ2n) is 8.15. The van der Waals surface area contributed by atoms with Gasteiger partial charge in [0.15, 0.2) is 5.54 Å². The molecular formula is C24H23ClFN3O2. The van der Waals surface area contributed by atoms with Crippen LogP contribution in [0.1, 0.15) is 36.7 Å². The number of carbonyl (C=O) groups excluding carboxylic acids is 2. The van der Waals surface area contributed by atoms with Crippen molar-refractivity contribution in [2.45, 2.75) is 26.3 Å². The second-order valence-corrected chi connectivity index (χ2v) is 8.54. The maximum absolute atomic E-state index is 15.2. The van der Waals surface area contributed by atoms with Gasteiger partial charge in [0, 0.05) is 17.4 Å². The summed E-state index contributed by atoms with van der Waals surface area (Å²) in [7, 11) is 0. The minimum absolute atomic E-state index is 0.00845. The smallest absolute Gasteiger partial charge is 0.261 e. The molecule has 2 N–H and O–H groups in total. The Morgan fingerprint density at radius 2 is 1.58 bits per heavy atom. The highest BCUT2D eigenvalue weighted by Gasteiger charge is 2.57. The van der Waals surface area contributed by atoms with E-state index in [1.54, 1.807) is 57.2 Å². The number of pyridine rings is 1. The number of amides is 2. The number of nitrogens with two attached hydrogens (primary N) is 1. The van der Waals surface area contributed by atoms with Crippen molar-refractivity contribution >= 4 is 29.1 Å². The summed E-state index contributed by atoms with van der Waals surface area (Å²) < 4.78 is 15.2. The third kappa shape index (κ3) is 3.91. The molecule has 7 heteroatoms. The minimum Gasteiger partial charge on any atom is -0.367 e. The normalized spacial score (nSPS) is 13.3. The van der Waals surface area contributed by atoms with Crippen LogP contribution in [0.25, 0.3) is 0 Å². The molecule has 5 nitrogen and oxygen atoms in total. The number of para-hydroxylation sites is 1. The highest BCUT2D eigenvalue weighted by atomic mass is 35.5. The molecular weight excluding hydrogens is 417 g/mol. The minimum atomic E-state index is -1.85. The van der Waals surface area contributed by atoms with Gasteiger partial charge in [0.05, 0.1) is 5.56 Å². The molecule has 0 fully saturated rings. The van der Waals surface area contributed by atoms with E-state index in [0.29, 0.717) is 5.69 Å². The van der Waals surface area contributed by atoms with Gasteiger partial charge in [0.1, 0.15) is 11.0 Å². The van der Waals surface area contributed by atoms with Crippen molar-refractivity contribution < 1.29 is 14.0 Å². The zero-order valence-corrected chi connectivity index (χ0v) is 18.2. The summed E-state index contributed by atoms with van der Waals surface area (Å²) in [6.45, 7) is 5.23. The Morgan fingerprint density at radius 3 is 2.10 bits per heavy atom. The van der Waals surface area contributed by atoms with Gasteiger partial charge in [0.2, 0.25) is 5.91 Å². The Morgan fingerprint density at radius 1 is 0.968 bits per heavy atom. The molecule has 1 unspecified atom stereocenters. The van der Waals surface area contributed by atoms with E-state index in [2.05, 4.69) is 4.98 Å². The van der Waals surface area contributed by atoms with E-state index in [4.69, 9.17) is 17.3 Å². The molecule has 1 heterocycles. The maximum atomic E-state index is 15.2. The lowest BCUT2D eigenvalue weighted by Gasteiger charge is -2.50. The standard InChI is InChI=1S/C24H23ClFN3O2/c1-23(2,3)24(22(27)31,18-11-7-8-12-19(18)26)29(17-9-5-4-6-10-17)21(30)16-13-14-20(25)28-15-16/h4-15H,1-3H3,(H2,27,31). The first kappa shape index (κ1) is 22.4. The molecule has 0 saturated carbocycles. The summed E-state index contributed by atoms with van der Waals surface area (Å²) in [5.74, 6) is -2.06. The zero-order chi connectivity index (χ0) is 22.8. The molecule has 3 rings (SSSR count). The summed E-state index contributed by atoms with van der Waals surface area (Å²) in [6.07, 6.45) is 1.32. The van der Waals surface area contributed by atoms with Crippen LogP contribution < -0.4 is 10.6 Å². The fourth-order valence-corrected chi connectivity index (χ4v) is 4.01. The van der Waals surface area contributed by atoms with E-state index in [1.165, 1.54) is 41.4 Å². The van der Waals surface area contributed by atoms with Crippen molar-refractivity contribution in [1.82, 2.24) is 4.98 Å². The van der Waals surface area contributed by atoms with Crippen LogP contribution in [0.4, 0.5) is 10.1 Å². The zero-order valence-electron chi connectivity index (χ0n) is 17.5. The number of hydrogen-bond donors (Lipinski definition) is 1. The van der Waals surface area contributed by atoms with Crippen LogP contribution >= 0.6 is 11.6 Å². The van der Waals surface area contributed by atoms with E-state index in [-0.39, 0.29) is 16.3 Å². The number of hydrogen-bond acceptors (Lipinski definition) is 3. The van der Waals surface area contributed by atoms with Crippen LogP contribution in [0, 0.1) is 11.2 Å². The molecule has 2 aromatic carbocycles. The molecule has 1 atom stereocenters. The molecule has 31 heavy (non-hydrogen) atoms. The SMILES string of the molecule is CC(C)(C)C(C(N)=O)(c1ccccc1F)N(C(=O)c1ccc(Cl)nc1)c1ccccc1. The lowest BCUT2D eigenvalue weighted by atomic mass is 9.66. The van der Waals surface area contributed by atoms with Crippen LogP contribution in [-0.2, 0) is 10.3 Å². The van der Waals surface area contributed by atoms with E-state index in [1.807, 2.05) is 0 Å². The predicted molar refractivity (Wildman–Crippen MR) is 119 cm³/mol. The maximum Gasteiger partial charge on any atom is 0.261 e. The summed E-state index contributed by atoms with van der Waals surface area (Å²) in [6, 6.07) is 17.4. The van der Waals surface area contributed by atoms with Crippen LogP contribution in [-0.4, -0.2) is 16.8 Å². The summed E-state index contributed by atoms with van der Waals surface area (Å²) in [5.41, 5.74) is 3.73. The van der Waals surface area contributed by atoms with Crippen molar-refractivity contribution in [2.24, 2.45) is 11.1 Å². The van der Waals surface area contributed by atoms with Gasteiger partial charge in [-0.15, -0.1) is 0 Å². The number of nitrogens with zero attached hydrogens (tertiary/aromatic N) is 2. The average Bonchev–Trinajstić information content (AvgIpc) is 2.72. The van der Waals surface area contributed by atoms with E-state index in [9.17, 15) is 9.59 Å². The number of anilines is 1. The number of primary amides is 1. The monoisotopic (exact) mass is 439 g/mol.